The Morgan fingerprint density at radius 3 is 2.23 bits per heavy atom. The van der Waals surface area contributed by atoms with E-state index >= 15 is 0 Å². The fraction of sp³-hybridized carbons (Fsp3) is 0.409. The van der Waals surface area contributed by atoms with E-state index in [0.29, 0.717) is 5.92 Å². The number of hydrogen-bond acceptors (Lipinski definition) is 3. The fourth-order valence-electron chi connectivity index (χ4n) is 2.81. The van der Waals surface area contributed by atoms with Gasteiger partial charge in [-0.3, -0.25) is 0 Å². The molecule has 0 radical (unpaired) electrons. The standard InChI is InChI=1S/C22H27NO3/c1-22(2,3)26-21(24)23-20(15-16-9-10-16)17-11-13-19(14-12-17)25-18-7-5-4-6-8-18/h4-8,11-14,16,20H,9-10,15H2,1-3H3,(H,23,24). The molecule has 4 heteroatoms. The molecule has 1 saturated carbocycles. The van der Waals surface area contributed by atoms with Crippen molar-refractivity contribution >= 4 is 6.09 Å². The average Bonchev–Trinajstić information content (AvgIpc) is 3.38. The number of alkyl carbamates (subject to hydrolysis) is 1. The first-order chi connectivity index (χ1) is 12.4. The normalized spacial score (nSPS) is 15.2. The maximum atomic E-state index is 12.2. The molecule has 0 aliphatic heterocycles. The molecule has 0 bridgehead atoms. The molecule has 3 rings (SSSR count). The van der Waals surface area contributed by atoms with E-state index in [9.17, 15) is 4.79 Å². The summed E-state index contributed by atoms with van der Waals surface area (Å²) in [4.78, 5) is 12.2. The van der Waals surface area contributed by atoms with Crippen LogP contribution in [-0.4, -0.2) is 11.7 Å². The third-order valence-corrected chi connectivity index (χ3v) is 4.22. The molecule has 1 unspecified atom stereocenters. The zero-order valence-electron chi connectivity index (χ0n) is 15.7. The van der Waals surface area contributed by atoms with Gasteiger partial charge < -0.3 is 14.8 Å². The lowest BCUT2D eigenvalue weighted by molar-refractivity contribution is 0.0499. The minimum atomic E-state index is -0.498. The van der Waals surface area contributed by atoms with Crippen molar-refractivity contribution in [3.8, 4) is 11.5 Å². The Kier molecular flexibility index (Phi) is 5.50. The number of para-hydroxylation sites is 1. The number of rotatable bonds is 6. The molecule has 0 spiro atoms. The van der Waals surface area contributed by atoms with E-state index in [1.807, 2.05) is 75.4 Å². The van der Waals surface area contributed by atoms with Gasteiger partial charge in [-0.05, 0) is 62.9 Å². The Morgan fingerprint density at radius 2 is 1.65 bits per heavy atom. The lowest BCUT2D eigenvalue weighted by atomic mass is 10.0. The number of amides is 1. The number of hydrogen-bond donors (Lipinski definition) is 1. The molecule has 2 aromatic rings. The molecule has 26 heavy (non-hydrogen) atoms. The van der Waals surface area contributed by atoms with Gasteiger partial charge in [0, 0.05) is 0 Å². The quantitative estimate of drug-likeness (QED) is 0.709. The lowest BCUT2D eigenvalue weighted by Crippen LogP contribution is -2.35. The van der Waals surface area contributed by atoms with Gasteiger partial charge in [-0.15, -0.1) is 0 Å². The van der Waals surface area contributed by atoms with E-state index < -0.39 is 5.60 Å². The highest BCUT2D eigenvalue weighted by Crippen LogP contribution is 2.38. The van der Waals surface area contributed by atoms with Crippen LogP contribution in [0, 0.1) is 5.92 Å². The Morgan fingerprint density at radius 1 is 1.04 bits per heavy atom. The molecule has 4 nitrogen and oxygen atoms in total. The summed E-state index contributed by atoms with van der Waals surface area (Å²) in [6.45, 7) is 5.62. The van der Waals surface area contributed by atoms with Gasteiger partial charge in [-0.2, -0.15) is 0 Å². The van der Waals surface area contributed by atoms with Crippen LogP contribution in [-0.2, 0) is 4.74 Å². The predicted molar refractivity (Wildman–Crippen MR) is 102 cm³/mol. The number of nitrogens with one attached hydrogen (secondary N) is 1. The number of benzene rings is 2. The lowest BCUT2D eigenvalue weighted by Gasteiger charge is -2.24. The van der Waals surface area contributed by atoms with E-state index in [0.717, 1.165) is 23.5 Å². The summed E-state index contributed by atoms with van der Waals surface area (Å²) in [6.07, 6.45) is 3.05. The van der Waals surface area contributed by atoms with Crippen LogP contribution in [0.2, 0.25) is 0 Å². The van der Waals surface area contributed by atoms with E-state index in [4.69, 9.17) is 9.47 Å². The van der Waals surface area contributed by atoms with Crippen molar-refractivity contribution in [1.82, 2.24) is 5.32 Å². The van der Waals surface area contributed by atoms with Gasteiger partial charge in [-0.25, -0.2) is 4.79 Å². The molecule has 138 valence electrons. The molecule has 1 aliphatic carbocycles. The van der Waals surface area contributed by atoms with Crippen LogP contribution in [0.1, 0.15) is 51.6 Å². The summed E-state index contributed by atoms with van der Waals surface area (Å²) in [5, 5.41) is 3.03. The minimum absolute atomic E-state index is 0.0388. The molecule has 0 heterocycles. The maximum Gasteiger partial charge on any atom is 0.408 e. The van der Waals surface area contributed by atoms with Crippen LogP contribution in [0.15, 0.2) is 54.6 Å². The summed E-state index contributed by atoms with van der Waals surface area (Å²) in [7, 11) is 0. The zero-order chi connectivity index (χ0) is 18.6. The van der Waals surface area contributed by atoms with Crippen molar-refractivity contribution < 1.29 is 14.3 Å². The van der Waals surface area contributed by atoms with Crippen molar-refractivity contribution in [2.75, 3.05) is 0 Å². The second-order valence-corrected chi connectivity index (χ2v) is 7.86. The van der Waals surface area contributed by atoms with E-state index in [-0.39, 0.29) is 12.1 Å². The highest BCUT2D eigenvalue weighted by molar-refractivity contribution is 5.68. The molecule has 1 amide bonds. The van der Waals surface area contributed by atoms with Gasteiger partial charge in [-0.1, -0.05) is 43.2 Å². The van der Waals surface area contributed by atoms with Gasteiger partial charge in [0.1, 0.15) is 17.1 Å². The first-order valence-electron chi connectivity index (χ1n) is 9.21. The molecular formula is C22H27NO3. The van der Waals surface area contributed by atoms with Gasteiger partial charge in [0.2, 0.25) is 0 Å². The highest BCUT2D eigenvalue weighted by atomic mass is 16.6. The predicted octanol–water partition coefficient (Wildman–Crippen LogP) is 5.84. The average molecular weight is 353 g/mol. The summed E-state index contributed by atoms with van der Waals surface area (Å²) in [5.41, 5.74) is 0.574. The second kappa shape index (κ2) is 7.81. The highest BCUT2D eigenvalue weighted by Gasteiger charge is 2.28. The summed E-state index contributed by atoms with van der Waals surface area (Å²) in [5.74, 6) is 2.28. The van der Waals surface area contributed by atoms with Gasteiger partial charge in [0.15, 0.2) is 0 Å². The van der Waals surface area contributed by atoms with Crippen LogP contribution in [0.4, 0.5) is 4.79 Å². The van der Waals surface area contributed by atoms with Crippen LogP contribution in [0.5, 0.6) is 11.5 Å². The Balaban J connectivity index is 1.67. The monoisotopic (exact) mass is 353 g/mol. The number of ether oxygens (including phenoxy) is 2. The Bertz CT molecular complexity index is 715. The molecule has 1 aliphatic rings. The SMILES string of the molecule is CC(C)(C)OC(=O)NC(CC1CC1)c1ccc(Oc2ccccc2)cc1. The molecule has 0 aromatic heterocycles. The third-order valence-electron chi connectivity index (χ3n) is 4.22. The van der Waals surface area contributed by atoms with Crippen molar-refractivity contribution in [3.05, 3.63) is 60.2 Å². The zero-order valence-corrected chi connectivity index (χ0v) is 15.7. The smallest absolute Gasteiger partial charge is 0.408 e. The van der Waals surface area contributed by atoms with Gasteiger partial charge >= 0.3 is 6.09 Å². The topological polar surface area (TPSA) is 47.6 Å². The van der Waals surface area contributed by atoms with Gasteiger partial charge in [0.05, 0.1) is 6.04 Å². The van der Waals surface area contributed by atoms with E-state index in [1.54, 1.807) is 0 Å². The molecule has 2 aromatic carbocycles. The van der Waals surface area contributed by atoms with E-state index in [1.165, 1.54) is 12.8 Å². The maximum absolute atomic E-state index is 12.2. The van der Waals surface area contributed by atoms with Crippen molar-refractivity contribution in [2.45, 2.75) is 51.7 Å². The Hall–Kier alpha value is -2.49. The molecule has 1 N–H and O–H groups in total. The molecule has 1 fully saturated rings. The summed E-state index contributed by atoms with van der Waals surface area (Å²) >= 11 is 0. The first kappa shape index (κ1) is 18.3. The molecule has 1 atom stereocenters. The van der Waals surface area contributed by atoms with Crippen LogP contribution in [0.3, 0.4) is 0 Å². The van der Waals surface area contributed by atoms with Crippen molar-refractivity contribution in [3.63, 3.8) is 0 Å². The fourth-order valence-corrected chi connectivity index (χ4v) is 2.81. The number of carbonyl (C=O) groups is 1. The first-order valence-corrected chi connectivity index (χ1v) is 9.21. The van der Waals surface area contributed by atoms with Crippen LogP contribution < -0.4 is 10.1 Å². The van der Waals surface area contributed by atoms with Crippen molar-refractivity contribution in [2.24, 2.45) is 5.92 Å². The van der Waals surface area contributed by atoms with E-state index in [2.05, 4.69) is 5.32 Å². The largest absolute Gasteiger partial charge is 0.457 e. The van der Waals surface area contributed by atoms with Gasteiger partial charge in [0.25, 0.3) is 0 Å². The second-order valence-electron chi connectivity index (χ2n) is 7.86. The van der Waals surface area contributed by atoms with Crippen molar-refractivity contribution in [1.29, 1.82) is 0 Å². The number of carbonyl (C=O) groups excluding carboxylic acids is 1. The minimum Gasteiger partial charge on any atom is -0.457 e. The summed E-state index contributed by atoms with van der Waals surface area (Å²) < 4.78 is 11.3. The van der Waals surface area contributed by atoms with Crippen LogP contribution >= 0.6 is 0 Å². The third kappa shape index (κ3) is 5.80. The Labute approximate surface area is 155 Å². The molecular weight excluding hydrogens is 326 g/mol. The molecule has 0 saturated heterocycles. The van der Waals surface area contributed by atoms with Crippen LogP contribution in [0.25, 0.3) is 0 Å². The summed E-state index contributed by atoms with van der Waals surface area (Å²) in [6, 6.07) is 17.6.